The number of hydrogen-bond donors (Lipinski definition) is 4. The van der Waals surface area contributed by atoms with E-state index in [1.807, 2.05) is 12.1 Å². The predicted molar refractivity (Wildman–Crippen MR) is 127 cm³/mol. The van der Waals surface area contributed by atoms with Crippen LogP contribution in [0.25, 0.3) is 0 Å². The fourth-order valence-electron chi connectivity index (χ4n) is 3.64. The van der Waals surface area contributed by atoms with Gasteiger partial charge in [-0.3, -0.25) is 9.69 Å². The molecule has 0 unspecified atom stereocenters. The van der Waals surface area contributed by atoms with Gasteiger partial charge in [-0.15, -0.1) is 0 Å². The molecule has 2 aromatic rings. The lowest BCUT2D eigenvalue weighted by atomic mass is 10.0. The number of carbonyl (C=O) groups excluding carboxylic acids is 1. The summed E-state index contributed by atoms with van der Waals surface area (Å²) in [5.41, 5.74) is 1.59. The third-order valence-electron chi connectivity index (χ3n) is 5.34. The average Bonchev–Trinajstić information content (AvgIpc) is 2.76. The van der Waals surface area contributed by atoms with Crippen molar-refractivity contribution in [1.29, 1.82) is 0 Å². The van der Waals surface area contributed by atoms with Crippen molar-refractivity contribution in [2.24, 2.45) is 0 Å². The Morgan fingerprint density at radius 2 is 1.91 bits per heavy atom. The standard InChI is InChI=1S/C23H29Cl2N3O4/c1-15(29)27-21-10-20(25)22(31)11-23(21)32-14-19(30)12-26-18-6-8-28(9-7-18)13-16-2-4-17(24)5-3-16/h2-5,10-11,18-19,26,30-31H,6-9,12-14H2,1H3,(H,27,29)/t19-/m0/s1. The summed E-state index contributed by atoms with van der Waals surface area (Å²) in [7, 11) is 0. The number of anilines is 1. The number of aromatic hydroxyl groups is 1. The first-order chi connectivity index (χ1) is 15.3. The van der Waals surface area contributed by atoms with Gasteiger partial charge in [-0.05, 0) is 49.7 Å². The van der Waals surface area contributed by atoms with E-state index in [1.165, 1.54) is 24.6 Å². The molecular formula is C23H29Cl2N3O4. The second-order valence-corrected chi connectivity index (χ2v) is 8.87. The topological polar surface area (TPSA) is 94.1 Å². The van der Waals surface area contributed by atoms with Crippen molar-refractivity contribution in [3.05, 3.63) is 52.0 Å². The maximum atomic E-state index is 11.4. The summed E-state index contributed by atoms with van der Waals surface area (Å²) < 4.78 is 5.63. The first kappa shape index (κ1) is 24.6. The molecule has 0 spiro atoms. The number of hydrogen-bond acceptors (Lipinski definition) is 6. The smallest absolute Gasteiger partial charge is 0.221 e. The SMILES string of the molecule is CC(=O)Nc1cc(Cl)c(O)cc1OC[C@@H](O)CNC1CCN(Cc2ccc(Cl)cc2)CC1. The van der Waals surface area contributed by atoms with Gasteiger partial charge < -0.3 is 25.6 Å². The molecule has 1 atom stereocenters. The number of phenols is 1. The molecule has 0 saturated carbocycles. The lowest BCUT2D eigenvalue weighted by Crippen LogP contribution is -2.45. The molecule has 1 saturated heterocycles. The van der Waals surface area contributed by atoms with Crippen molar-refractivity contribution in [3.8, 4) is 11.5 Å². The highest BCUT2D eigenvalue weighted by atomic mass is 35.5. The molecule has 0 radical (unpaired) electrons. The molecule has 0 aromatic heterocycles. The van der Waals surface area contributed by atoms with Gasteiger partial charge in [-0.1, -0.05) is 35.3 Å². The second kappa shape index (κ2) is 11.7. The number of halogens is 2. The minimum Gasteiger partial charge on any atom is -0.506 e. The Balaban J connectivity index is 1.40. The van der Waals surface area contributed by atoms with Gasteiger partial charge in [0, 0.05) is 37.1 Å². The van der Waals surface area contributed by atoms with Gasteiger partial charge in [-0.25, -0.2) is 0 Å². The Bertz CT molecular complexity index is 903. The molecule has 3 rings (SSSR count). The van der Waals surface area contributed by atoms with Crippen molar-refractivity contribution in [2.45, 2.75) is 38.5 Å². The van der Waals surface area contributed by atoms with E-state index in [2.05, 4.69) is 27.7 Å². The zero-order valence-corrected chi connectivity index (χ0v) is 19.5. The summed E-state index contributed by atoms with van der Waals surface area (Å²) in [5.74, 6) is -0.202. The van der Waals surface area contributed by atoms with E-state index >= 15 is 0 Å². The first-order valence-corrected chi connectivity index (χ1v) is 11.4. The Hall–Kier alpha value is -2.03. The van der Waals surface area contributed by atoms with Crippen LogP contribution in [-0.2, 0) is 11.3 Å². The third kappa shape index (κ3) is 7.53. The number of aliphatic hydroxyl groups excluding tert-OH is 1. The highest BCUT2D eigenvalue weighted by molar-refractivity contribution is 6.32. The van der Waals surface area contributed by atoms with Gasteiger partial charge in [0.1, 0.15) is 24.2 Å². The Morgan fingerprint density at radius 3 is 2.56 bits per heavy atom. The number of nitrogens with one attached hydrogen (secondary N) is 2. The zero-order chi connectivity index (χ0) is 23.1. The Morgan fingerprint density at radius 1 is 1.22 bits per heavy atom. The molecule has 174 valence electrons. The van der Waals surface area contributed by atoms with Gasteiger partial charge in [0.25, 0.3) is 0 Å². The monoisotopic (exact) mass is 481 g/mol. The van der Waals surface area contributed by atoms with E-state index in [0.29, 0.717) is 18.3 Å². The van der Waals surface area contributed by atoms with Crippen molar-refractivity contribution in [2.75, 3.05) is 31.6 Å². The largest absolute Gasteiger partial charge is 0.506 e. The fourth-order valence-corrected chi connectivity index (χ4v) is 3.93. The highest BCUT2D eigenvalue weighted by Gasteiger charge is 2.20. The van der Waals surface area contributed by atoms with Crippen molar-refractivity contribution in [3.63, 3.8) is 0 Å². The molecule has 1 amide bonds. The Kier molecular flexibility index (Phi) is 9.02. The molecule has 2 aromatic carbocycles. The number of benzene rings is 2. The number of rotatable bonds is 9. The predicted octanol–water partition coefficient (Wildman–Crippen LogP) is 3.65. The third-order valence-corrected chi connectivity index (χ3v) is 5.89. The molecule has 0 bridgehead atoms. The molecule has 4 N–H and O–H groups in total. The van der Waals surface area contributed by atoms with Gasteiger partial charge in [0.2, 0.25) is 5.91 Å². The molecule has 7 nitrogen and oxygen atoms in total. The minimum absolute atomic E-state index is 0.00999. The fraction of sp³-hybridized carbons (Fsp3) is 0.435. The van der Waals surface area contributed by atoms with Gasteiger partial charge >= 0.3 is 0 Å². The number of carbonyl (C=O) groups is 1. The van der Waals surface area contributed by atoms with E-state index in [9.17, 15) is 15.0 Å². The highest BCUT2D eigenvalue weighted by Crippen LogP contribution is 2.35. The second-order valence-electron chi connectivity index (χ2n) is 8.03. The lowest BCUT2D eigenvalue weighted by Gasteiger charge is -2.33. The van der Waals surface area contributed by atoms with Gasteiger partial charge in [-0.2, -0.15) is 0 Å². The number of aliphatic hydroxyl groups is 1. The van der Waals surface area contributed by atoms with Crippen LogP contribution in [0.15, 0.2) is 36.4 Å². The molecule has 1 fully saturated rings. The molecule has 32 heavy (non-hydrogen) atoms. The molecular weight excluding hydrogens is 453 g/mol. The normalized spacial score (nSPS) is 16.0. The van der Waals surface area contributed by atoms with Crippen LogP contribution < -0.4 is 15.4 Å². The van der Waals surface area contributed by atoms with Gasteiger partial charge in [0.15, 0.2) is 0 Å². The zero-order valence-electron chi connectivity index (χ0n) is 18.0. The molecule has 0 aliphatic carbocycles. The number of ether oxygens (including phenoxy) is 1. The lowest BCUT2D eigenvalue weighted by molar-refractivity contribution is -0.114. The van der Waals surface area contributed by atoms with Crippen LogP contribution >= 0.6 is 23.2 Å². The van der Waals surface area contributed by atoms with E-state index in [1.54, 1.807) is 0 Å². The van der Waals surface area contributed by atoms with E-state index in [0.717, 1.165) is 37.5 Å². The van der Waals surface area contributed by atoms with Crippen LogP contribution in [0.5, 0.6) is 11.5 Å². The summed E-state index contributed by atoms with van der Waals surface area (Å²) in [4.78, 5) is 13.8. The molecule has 1 aliphatic rings. The number of phenolic OH excluding ortho intramolecular Hbond substituents is 1. The van der Waals surface area contributed by atoms with Crippen molar-refractivity contribution in [1.82, 2.24) is 10.2 Å². The summed E-state index contributed by atoms with van der Waals surface area (Å²) >= 11 is 11.9. The van der Waals surface area contributed by atoms with Crippen LogP contribution in [0, 0.1) is 0 Å². The van der Waals surface area contributed by atoms with Crippen molar-refractivity contribution >= 4 is 34.8 Å². The van der Waals surface area contributed by atoms with E-state index < -0.39 is 6.10 Å². The quantitative estimate of drug-likeness (QED) is 0.408. The summed E-state index contributed by atoms with van der Waals surface area (Å²) in [5, 5.41) is 27.0. The summed E-state index contributed by atoms with van der Waals surface area (Å²) in [6, 6.07) is 11.0. The van der Waals surface area contributed by atoms with E-state index in [-0.39, 0.29) is 29.0 Å². The van der Waals surface area contributed by atoms with Crippen LogP contribution in [-0.4, -0.2) is 59.4 Å². The van der Waals surface area contributed by atoms with Crippen LogP contribution in [0.3, 0.4) is 0 Å². The number of amides is 1. The van der Waals surface area contributed by atoms with E-state index in [4.69, 9.17) is 27.9 Å². The molecule has 1 heterocycles. The molecule has 1 aliphatic heterocycles. The maximum Gasteiger partial charge on any atom is 0.221 e. The number of nitrogens with zero attached hydrogens (tertiary/aromatic N) is 1. The van der Waals surface area contributed by atoms with Gasteiger partial charge in [0.05, 0.1) is 10.7 Å². The average molecular weight is 482 g/mol. The number of likely N-dealkylation sites (tertiary alicyclic amines) is 1. The molecule has 9 heteroatoms. The summed E-state index contributed by atoms with van der Waals surface area (Å²) in [6.07, 6.45) is 1.25. The van der Waals surface area contributed by atoms with Crippen LogP contribution in [0.4, 0.5) is 5.69 Å². The van der Waals surface area contributed by atoms with Crippen molar-refractivity contribution < 1.29 is 19.7 Å². The minimum atomic E-state index is -0.745. The van der Waals surface area contributed by atoms with Crippen LogP contribution in [0.1, 0.15) is 25.3 Å². The first-order valence-electron chi connectivity index (χ1n) is 10.6. The van der Waals surface area contributed by atoms with Crippen LogP contribution in [0.2, 0.25) is 10.0 Å². The maximum absolute atomic E-state index is 11.4. The summed E-state index contributed by atoms with van der Waals surface area (Å²) in [6.45, 7) is 4.63. The Labute approximate surface area is 198 Å². The number of piperidine rings is 1.